The van der Waals surface area contributed by atoms with E-state index in [9.17, 15) is 9.59 Å². The quantitative estimate of drug-likeness (QED) is 0.349. The Morgan fingerprint density at radius 3 is 2.26 bits per heavy atom. The average molecular weight is 446 g/mol. The molecule has 0 spiro atoms. The zero-order valence-electron chi connectivity index (χ0n) is 19.8. The van der Waals surface area contributed by atoms with Crippen molar-refractivity contribution in [2.24, 2.45) is 5.41 Å². The van der Waals surface area contributed by atoms with Crippen LogP contribution in [-0.2, 0) is 4.79 Å². The number of aromatic nitrogens is 1. The van der Waals surface area contributed by atoms with Crippen LogP contribution in [0, 0.1) is 12.3 Å². The first-order valence-corrected chi connectivity index (χ1v) is 11.9. The zero-order valence-corrected chi connectivity index (χ0v) is 19.8. The number of hydrogen-bond acceptors (Lipinski definition) is 2. The maximum atomic E-state index is 14.1. The van der Waals surface area contributed by atoms with Gasteiger partial charge in [0.2, 0.25) is 0 Å². The molecule has 0 saturated heterocycles. The molecule has 3 nitrogen and oxygen atoms in total. The Hall–Kier alpha value is -3.72. The van der Waals surface area contributed by atoms with E-state index in [4.69, 9.17) is 0 Å². The lowest BCUT2D eigenvalue weighted by atomic mass is 9.72. The van der Waals surface area contributed by atoms with Crippen LogP contribution in [0.3, 0.4) is 0 Å². The lowest BCUT2D eigenvalue weighted by Gasteiger charge is -2.31. The molecular formula is C31H27NO2. The second-order valence-corrected chi connectivity index (χ2v) is 10.4. The summed E-state index contributed by atoms with van der Waals surface area (Å²) in [7, 11) is 0. The molecule has 1 heterocycles. The van der Waals surface area contributed by atoms with Crippen molar-refractivity contribution in [3.05, 3.63) is 117 Å². The molecule has 0 aliphatic heterocycles. The molecule has 0 amide bonds. The maximum absolute atomic E-state index is 14.1. The van der Waals surface area contributed by atoms with E-state index in [0.29, 0.717) is 11.8 Å². The van der Waals surface area contributed by atoms with Crippen LogP contribution in [0.5, 0.6) is 0 Å². The Kier molecular flexibility index (Phi) is 4.54. The van der Waals surface area contributed by atoms with Crippen LogP contribution < -0.4 is 5.43 Å². The highest BCUT2D eigenvalue weighted by molar-refractivity contribution is 6.10. The predicted molar refractivity (Wildman–Crippen MR) is 138 cm³/mol. The molecule has 4 aromatic rings. The van der Waals surface area contributed by atoms with Gasteiger partial charge >= 0.3 is 0 Å². The van der Waals surface area contributed by atoms with Crippen molar-refractivity contribution in [2.45, 2.75) is 39.5 Å². The Labute approximate surface area is 199 Å². The van der Waals surface area contributed by atoms with E-state index in [-0.39, 0.29) is 22.5 Å². The number of fused-ring (bicyclic) bond motifs is 3. The summed E-state index contributed by atoms with van der Waals surface area (Å²) < 4.78 is 2.24. The normalized spacial score (nSPS) is 18.8. The second-order valence-electron chi connectivity index (χ2n) is 10.4. The summed E-state index contributed by atoms with van der Waals surface area (Å²) >= 11 is 0. The van der Waals surface area contributed by atoms with Crippen LogP contribution in [-0.4, -0.2) is 10.4 Å². The number of Topliss-reactive ketones (excluding diaryl/α,β-unsaturated/α-hetero) is 1. The van der Waals surface area contributed by atoms with Gasteiger partial charge in [0.15, 0.2) is 11.2 Å². The number of carbonyl (C=O) groups excluding carboxylic acids is 1. The van der Waals surface area contributed by atoms with Crippen LogP contribution >= 0.6 is 0 Å². The molecule has 0 fully saturated rings. The standard InChI is InChI=1S/C31H27NO2/c1-19-11-7-9-15-23(19)32-24-16-10-8-14-21(24)30(34)28-26(20-12-5-4-6-13-20)27-22(29(28)32)17-31(2,3)18-25(27)33/h4-16,26H,17-18H2,1-3H3. The summed E-state index contributed by atoms with van der Waals surface area (Å²) in [6.45, 7) is 6.41. The Bertz CT molecular complexity index is 1570. The molecule has 2 aliphatic rings. The maximum Gasteiger partial charge on any atom is 0.194 e. The number of rotatable bonds is 2. The third kappa shape index (κ3) is 2.96. The number of carbonyl (C=O) groups is 1. The molecule has 0 saturated carbocycles. The lowest BCUT2D eigenvalue weighted by molar-refractivity contribution is -0.117. The summed E-state index contributed by atoms with van der Waals surface area (Å²) in [5, 5.41) is 0.692. The van der Waals surface area contributed by atoms with Gasteiger partial charge in [0.05, 0.1) is 11.2 Å². The van der Waals surface area contributed by atoms with Crippen molar-refractivity contribution in [1.82, 2.24) is 4.57 Å². The van der Waals surface area contributed by atoms with Gasteiger partial charge in [-0.15, -0.1) is 0 Å². The van der Waals surface area contributed by atoms with E-state index in [1.165, 1.54) is 0 Å². The van der Waals surface area contributed by atoms with Gasteiger partial charge in [-0.1, -0.05) is 74.5 Å². The Balaban J connectivity index is 1.82. The number of pyridine rings is 1. The van der Waals surface area contributed by atoms with E-state index in [0.717, 1.165) is 51.2 Å². The molecule has 0 N–H and O–H groups in total. The first-order chi connectivity index (χ1) is 16.4. The van der Waals surface area contributed by atoms with Gasteiger partial charge in [0.25, 0.3) is 0 Å². The molecule has 1 aromatic heterocycles. The highest BCUT2D eigenvalue weighted by atomic mass is 16.1. The van der Waals surface area contributed by atoms with E-state index in [2.05, 4.69) is 37.5 Å². The number of benzene rings is 3. The molecule has 168 valence electrons. The lowest BCUT2D eigenvalue weighted by Crippen LogP contribution is -2.26. The fourth-order valence-electron chi connectivity index (χ4n) is 5.99. The number of ketones is 1. The first-order valence-electron chi connectivity index (χ1n) is 11.9. The van der Waals surface area contributed by atoms with E-state index >= 15 is 0 Å². The van der Waals surface area contributed by atoms with Crippen LogP contribution in [0.15, 0.2) is 89.2 Å². The number of allylic oxidation sites excluding steroid dienone is 2. The number of aryl methyl sites for hydroxylation is 1. The van der Waals surface area contributed by atoms with Gasteiger partial charge in [-0.05, 0) is 53.7 Å². The Morgan fingerprint density at radius 2 is 1.50 bits per heavy atom. The number of para-hydroxylation sites is 2. The molecule has 2 aliphatic carbocycles. The molecule has 3 heteroatoms. The highest BCUT2D eigenvalue weighted by Gasteiger charge is 2.45. The van der Waals surface area contributed by atoms with Crippen molar-refractivity contribution in [2.75, 3.05) is 0 Å². The van der Waals surface area contributed by atoms with Crippen LogP contribution in [0.25, 0.3) is 22.2 Å². The van der Waals surface area contributed by atoms with Crippen molar-refractivity contribution >= 4 is 22.3 Å². The minimum absolute atomic E-state index is 0.0318. The minimum atomic E-state index is -0.331. The molecule has 0 bridgehead atoms. The van der Waals surface area contributed by atoms with Gasteiger partial charge in [-0.25, -0.2) is 0 Å². The monoisotopic (exact) mass is 445 g/mol. The molecule has 6 rings (SSSR count). The van der Waals surface area contributed by atoms with Gasteiger partial charge in [0.1, 0.15) is 0 Å². The van der Waals surface area contributed by atoms with Crippen molar-refractivity contribution in [3.8, 4) is 5.69 Å². The van der Waals surface area contributed by atoms with Crippen LogP contribution in [0.2, 0.25) is 0 Å². The summed E-state index contributed by atoms with van der Waals surface area (Å²) in [5.74, 6) is -0.168. The second kappa shape index (κ2) is 7.39. The summed E-state index contributed by atoms with van der Waals surface area (Å²) in [4.78, 5) is 27.8. The third-order valence-electron chi connectivity index (χ3n) is 7.39. The smallest absolute Gasteiger partial charge is 0.194 e. The molecular weight excluding hydrogens is 418 g/mol. The minimum Gasteiger partial charge on any atom is -0.309 e. The first kappa shape index (κ1) is 20.9. The fourth-order valence-corrected chi connectivity index (χ4v) is 5.99. The van der Waals surface area contributed by atoms with Crippen molar-refractivity contribution in [1.29, 1.82) is 0 Å². The summed E-state index contributed by atoms with van der Waals surface area (Å²) in [6.07, 6.45) is 1.27. The molecule has 34 heavy (non-hydrogen) atoms. The third-order valence-corrected chi connectivity index (χ3v) is 7.39. The van der Waals surface area contributed by atoms with Gasteiger partial charge in [0, 0.05) is 34.5 Å². The highest BCUT2D eigenvalue weighted by Crippen LogP contribution is 2.53. The number of nitrogens with zero attached hydrogens (tertiary/aromatic N) is 1. The molecule has 1 unspecified atom stereocenters. The summed E-state index contributed by atoms with van der Waals surface area (Å²) in [5.41, 5.74) is 7.46. The molecule has 3 aromatic carbocycles. The van der Waals surface area contributed by atoms with Gasteiger partial charge in [-0.2, -0.15) is 0 Å². The van der Waals surface area contributed by atoms with E-state index in [1.807, 2.05) is 66.7 Å². The van der Waals surface area contributed by atoms with E-state index in [1.54, 1.807) is 0 Å². The number of hydrogen-bond donors (Lipinski definition) is 0. The molecule has 0 radical (unpaired) electrons. The van der Waals surface area contributed by atoms with Gasteiger partial charge < -0.3 is 4.57 Å². The SMILES string of the molecule is Cc1ccccc1-n1c2c(c(=O)c3ccccc31)C(c1ccccc1)C1=C2CC(C)(C)CC1=O. The zero-order chi connectivity index (χ0) is 23.6. The average Bonchev–Trinajstić information content (AvgIpc) is 3.15. The van der Waals surface area contributed by atoms with Gasteiger partial charge in [-0.3, -0.25) is 9.59 Å². The summed E-state index contributed by atoms with van der Waals surface area (Å²) in [6, 6.07) is 26.2. The molecule has 1 atom stereocenters. The topological polar surface area (TPSA) is 39.1 Å². The fraction of sp³-hybridized carbons (Fsp3) is 0.226. The largest absolute Gasteiger partial charge is 0.309 e. The van der Waals surface area contributed by atoms with Crippen molar-refractivity contribution in [3.63, 3.8) is 0 Å². The predicted octanol–water partition coefficient (Wildman–Crippen LogP) is 6.59. The van der Waals surface area contributed by atoms with E-state index < -0.39 is 0 Å². The van der Waals surface area contributed by atoms with Crippen molar-refractivity contribution < 1.29 is 4.79 Å². The Morgan fingerprint density at radius 1 is 0.824 bits per heavy atom. The van der Waals surface area contributed by atoms with Crippen LogP contribution in [0.4, 0.5) is 0 Å². The van der Waals surface area contributed by atoms with Crippen LogP contribution in [0.1, 0.15) is 55.0 Å².